The highest BCUT2D eigenvalue weighted by Crippen LogP contribution is 2.34. The van der Waals surface area contributed by atoms with Crippen LogP contribution in [0.15, 0.2) is 65.7 Å². The highest BCUT2D eigenvalue weighted by molar-refractivity contribution is 7.22. The number of nitrogens with zero attached hydrogens (tertiary/aromatic N) is 2. The molecule has 2 aromatic carbocycles. The number of carbonyl (C=O) groups is 1. The molecule has 4 aromatic rings. The minimum atomic E-state index is -4.62. The van der Waals surface area contributed by atoms with E-state index in [1.807, 2.05) is 12.1 Å². The van der Waals surface area contributed by atoms with E-state index in [1.54, 1.807) is 25.3 Å². The average Bonchev–Trinajstić information content (AvgIpc) is 3.21. The number of nitrogens with one attached hydrogen (secondary N) is 1. The second-order valence-electron chi connectivity index (χ2n) is 6.82. The smallest absolute Gasteiger partial charge is 0.418 e. The zero-order valence-electron chi connectivity index (χ0n) is 16.6. The maximum atomic E-state index is 13.1. The van der Waals surface area contributed by atoms with Gasteiger partial charge in [0.2, 0.25) is 5.91 Å². The quantitative estimate of drug-likeness (QED) is 0.466. The van der Waals surface area contributed by atoms with Crippen molar-refractivity contribution in [3.05, 3.63) is 76.8 Å². The number of ether oxygens (including phenoxy) is 1. The Balaban J connectivity index is 1.58. The third-order valence-corrected chi connectivity index (χ3v) is 5.86. The number of rotatable bonds is 5. The standard InChI is InChI=1S/C22H16F3N3O3S/c1-31-14-8-6-13(7-9-14)18-10-17-20(32-18)21(30)28(12-26-17)11-19(29)27-16-5-3-2-4-15(16)22(23,24)25/h2-10,12H,11H2,1H3,(H,27,29). The summed E-state index contributed by atoms with van der Waals surface area (Å²) in [6.07, 6.45) is -3.40. The van der Waals surface area contributed by atoms with Gasteiger partial charge in [-0.25, -0.2) is 4.98 Å². The number of carbonyl (C=O) groups excluding carboxylic acids is 1. The molecular formula is C22H16F3N3O3S. The van der Waals surface area contributed by atoms with Gasteiger partial charge in [-0.15, -0.1) is 11.3 Å². The van der Waals surface area contributed by atoms with E-state index < -0.39 is 29.8 Å². The van der Waals surface area contributed by atoms with Crippen LogP contribution in [-0.2, 0) is 17.5 Å². The SMILES string of the molecule is COc1ccc(-c2cc3ncn(CC(=O)Nc4ccccc4C(F)(F)F)c(=O)c3s2)cc1. The molecule has 32 heavy (non-hydrogen) atoms. The maximum absolute atomic E-state index is 13.1. The van der Waals surface area contributed by atoms with E-state index in [-0.39, 0.29) is 5.69 Å². The number of hydrogen-bond acceptors (Lipinski definition) is 5. The van der Waals surface area contributed by atoms with Crippen LogP contribution in [0.1, 0.15) is 5.56 Å². The van der Waals surface area contributed by atoms with E-state index in [0.717, 1.165) is 27.1 Å². The number of para-hydroxylation sites is 1. The van der Waals surface area contributed by atoms with Crippen LogP contribution in [-0.4, -0.2) is 22.6 Å². The molecule has 2 heterocycles. The topological polar surface area (TPSA) is 73.2 Å². The second kappa shape index (κ2) is 8.46. The number of fused-ring (bicyclic) bond motifs is 1. The maximum Gasteiger partial charge on any atom is 0.418 e. The largest absolute Gasteiger partial charge is 0.497 e. The lowest BCUT2D eigenvalue weighted by molar-refractivity contribution is -0.137. The van der Waals surface area contributed by atoms with Gasteiger partial charge >= 0.3 is 6.18 Å². The minimum absolute atomic E-state index is 0.349. The van der Waals surface area contributed by atoms with E-state index in [0.29, 0.717) is 16.0 Å². The van der Waals surface area contributed by atoms with Gasteiger partial charge in [-0.3, -0.25) is 14.2 Å². The number of hydrogen-bond donors (Lipinski definition) is 1. The lowest BCUT2D eigenvalue weighted by Gasteiger charge is -2.13. The fourth-order valence-electron chi connectivity index (χ4n) is 3.14. The molecule has 6 nitrogen and oxygen atoms in total. The van der Waals surface area contributed by atoms with E-state index >= 15 is 0 Å². The molecule has 10 heteroatoms. The molecule has 1 N–H and O–H groups in total. The van der Waals surface area contributed by atoms with Crippen LogP contribution < -0.4 is 15.6 Å². The van der Waals surface area contributed by atoms with Crippen LogP contribution in [0.25, 0.3) is 20.7 Å². The molecule has 0 spiro atoms. The van der Waals surface area contributed by atoms with Gasteiger partial charge in [-0.2, -0.15) is 13.2 Å². The molecule has 0 aliphatic carbocycles. The fraction of sp³-hybridized carbons (Fsp3) is 0.136. The number of thiophene rings is 1. The van der Waals surface area contributed by atoms with Crippen LogP contribution in [0.5, 0.6) is 5.75 Å². The predicted molar refractivity (Wildman–Crippen MR) is 116 cm³/mol. The predicted octanol–water partition coefficient (Wildman–Crippen LogP) is 4.79. The Labute approximate surface area is 183 Å². The Bertz CT molecular complexity index is 1340. The molecule has 0 fully saturated rings. The van der Waals surface area contributed by atoms with Gasteiger partial charge in [0.15, 0.2) is 0 Å². The van der Waals surface area contributed by atoms with Crippen LogP contribution in [0, 0.1) is 0 Å². The highest BCUT2D eigenvalue weighted by Gasteiger charge is 2.33. The van der Waals surface area contributed by atoms with E-state index in [2.05, 4.69) is 10.3 Å². The van der Waals surface area contributed by atoms with E-state index in [4.69, 9.17) is 4.74 Å². The van der Waals surface area contributed by atoms with Crippen molar-refractivity contribution < 1.29 is 22.7 Å². The third-order valence-electron chi connectivity index (χ3n) is 4.70. The molecule has 0 aliphatic rings. The fourth-order valence-corrected chi connectivity index (χ4v) is 4.20. The number of benzene rings is 2. The van der Waals surface area contributed by atoms with Gasteiger partial charge in [-0.05, 0) is 48.0 Å². The van der Waals surface area contributed by atoms with Crippen LogP contribution in [0.4, 0.5) is 18.9 Å². The van der Waals surface area contributed by atoms with Crippen molar-refractivity contribution >= 4 is 33.1 Å². The average molecular weight is 459 g/mol. The van der Waals surface area contributed by atoms with Gasteiger partial charge < -0.3 is 10.1 Å². The van der Waals surface area contributed by atoms with E-state index in [1.165, 1.54) is 29.8 Å². The number of alkyl halides is 3. The van der Waals surface area contributed by atoms with Gasteiger partial charge in [0.25, 0.3) is 5.56 Å². The minimum Gasteiger partial charge on any atom is -0.497 e. The zero-order valence-corrected chi connectivity index (χ0v) is 17.5. The first-order chi connectivity index (χ1) is 15.3. The Morgan fingerprint density at radius 2 is 1.88 bits per heavy atom. The van der Waals surface area contributed by atoms with Crippen molar-refractivity contribution in [1.29, 1.82) is 0 Å². The summed E-state index contributed by atoms with van der Waals surface area (Å²) in [6, 6.07) is 13.7. The summed E-state index contributed by atoms with van der Waals surface area (Å²) in [4.78, 5) is 30.2. The number of halogens is 3. The molecule has 0 bridgehead atoms. The van der Waals surface area contributed by atoms with Crippen molar-refractivity contribution in [1.82, 2.24) is 9.55 Å². The summed E-state index contributed by atoms with van der Waals surface area (Å²) >= 11 is 1.22. The molecule has 4 rings (SSSR count). The monoisotopic (exact) mass is 459 g/mol. The number of methoxy groups -OCH3 is 1. The number of amides is 1. The molecule has 0 saturated heterocycles. The molecule has 0 atom stereocenters. The molecule has 0 unspecified atom stereocenters. The molecular weight excluding hydrogens is 443 g/mol. The van der Waals surface area contributed by atoms with Crippen LogP contribution in [0.2, 0.25) is 0 Å². The first-order valence-electron chi connectivity index (χ1n) is 9.36. The summed E-state index contributed by atoms with van der Waals surface area (Å²) in [5, 5.41) is 2.23. The van der Waals surface area contributed by atoms with Crippen molar-refractivity contribution in [3.63, 3.8) is 0 Å². The summed E-state index contributed by atoms with van der Waals surface area (Å²) in [7, 11) is 1.57. The molecule has 2 aromatic heterocycles. The Morgan fingerprint density at radius 1 is 1.16 bits per heavy atom. The zero-order chi connectivity index (χ0) is 22.9. The van der Waals surface area contributed by atoms with Gasteiger partial charge in [0.05, 0.1) is 30.2 Å². The number of aromatic nitrogens is 2. The third kappa shape index (κ3) is 4.35. The lowest BCUT2D eigenvalue weighted by Crippen LogP contribution is -2.28. The first kappa shape index (κ1) is 21.6. The normalized spacial score (nSPS) is 11.5. The number of anilines is 1. The van der Waals surface area contributed by atoms with Crippen molar-refractivity contribution in [2.75, 3.05) is 12.4 Å². The highest BCUT2D eigenvalue weighted by atomic mass is 32.1. The van der Waals surface area contributed by atoms with Crippen LogP contribution >= 0.6 is 11.3 Å². The molecule has 164 valence electrons. The Hall–Kier alpha value is -3.66. The molecule has 0 radical (unpaired) electrons. The molecule has 0 aliphatic heterocycles. The Morgan fingerprint density at radius 3 is 2.56 bits per heavy atom. The summed E-state index contributed by atoms with van der Waals surface area (Å²) < 4.78 is 45.9. The van der Waals surface area contributed by atoms with Crippen molar-refractivity contribution in [2.45, 2.75) is 12.7 Å². The Kier molecular flexibility index (Phi) is 5.70. The second-order valence-corrected chi connectivity index (χ2v) is 7.87. The van der Waals surface area contributed by atoms with Crippen LogP contribution in [0.3, 0.4) is 0 Å². The summed E-state index contributed by atoms with van der Waals surface area (Å²) in [5.41, 5.74) is -0.424. The van der Waals surface area contributed by atoms with Crippen molar-refractivity contribution in [2.24, 2.45) is 0 Å². The molecule has 1 amide bonds. The van der Waals surface area contributed by atoms with E-state index in [9.17, 15) is 22.8 Å². The molecule has 0 saturated carbocycles. The van der Waals surface area contributed by atoms with Crippen molar-refractivity contribution in [3.8, 4) is 16.2 Å². The van der Waals surface area contributed by atoms with Gasteiger partial charge in [0.1, 0.15) is 17.0 Å². The lowest BCUT2D eigenvalue weighted by atomic mass is 10.1. The van der Waals surface area contributed by atoms with Gasteiger partial charge in [-0.1, -0.05) is 12.1 Å². The first-order valence-corrected chi connectivity index (χ1v) is 10.2. The summed E-state index contributed by atoms with van der Waals surface area (Å²) in [6.45, 7) is -0.469. The van der Waals surface area contributed by atoms with Gasteiger partial charge in [0, 0.05) is 4.88 Å². The summed E-state index contributed by atoms with van der Waals surface area (Å²) in [5.74, 6) is -0.0645.